The van der Waals surface area contributed by atoms with Crippen molar-refractivity contribution in [2.24, 2.45) is 4.99 Å². The highest BCUT2D eigenvalue weighted by atomic mass is 127. The van der Waals surface area contributed by atoms with Crippen molar-refractivity contribution in [2.75, 3.05) is 32.1 Å². The lowest BCUT2D eigenvalue weighted by atomic mass is 10.1. The van der Waals surface area contributed by atoms with Crippen molar-refractivity contribution >= 4 is 41.5 Å². The third-order valence-electron chi connectivity index (χ3n) is 4.71. The van der Waals surface area contributed by atoms with Crippen LogP contribution in [0, 0.1) is 0 Å². The van der Waals surface area contributed by atoms with Gasteiger partial charge in [0.15, 0.2) is 5.96 Å². The molecule has 2 aromatic carbocycles. The predicted molar refractivity (Wildman–Crippen MR) is 128 cm³/mol. The van der Waals surface area contributed by atoms with Gasteiger partial charge in [-0.1, -0.05) is 30.3 Å². The van der Waals surface area contributed by atoms with Crippen LogP contribution in [0.1, 0.15) is 24.8 Å². The van der Waals surface area contributed by atoms with E-state index in [4.69, 9.17) is 4.74 Å². The van der Waals surface area contributed by atoms with Gasteiger partial charge in [-0.05, 0) is 49.1 Å². The minimum Gasteiger partial charge on any atom is -0.497 e. The number of hydrogen-bond donors (Lipinski definition) is 2. The fourth-order valence-electron chi connectivity index (χ4n) is 3.12. The van der Waals surface area contributed by atoms with Gasteiger partial charge in [0.05, 0.1) is 7.11 Å². The molecule has 1 amide bonds. The lowest BCUT2D eigenvalue weighted by molar-refractivity contribution is -0.119. The van der Waals surface area contributed by atoms with Crippen molar-refractivity contribution in [3.05, 3.63) is 60.2 Å². The molecule has 0 radical (unpaired) electrons. The van der Waals surface area contributed by atoms with Crippen LogP contribution in [-0.4, -0.2) is 43.5 Å². The number of halogens is 1. The highest BCUT2D eigenvalue weighted by molar-refractivity contribution is 14.0. The summed E-state index contributed by atoms with van der Waals surface area (Å²) in [5.41, 5.74) is 2.00. The Balaban J connectivity index is 0.00000300. The molecule has 0 saturated carbocycles. The number of benzene rings is 2. The molecule has 0 bridgehead atoms. The van der Waals surface area contributed by atoms with Crippen molar-refractivity contribution in [1.29, 1.82) is 0 Å². The van der Waals surface area contributed by atoms with Crippen LogP contribution in [0.4, 0.5) is 5.69 Å². The first-order valence-corrected chi connectivity index (χ1v) is 9.76. The smallest absolute Gasteiger partial charge is 0.242 e. The van der Waals surface area contributed by atoms with E-state index in [9.17, 15) is 4.79 Å². The molecule has 156 valence electrons. The first kappa shape index (κ1) is 23.0. The van der Waals surface area contributed by atoms with Crippen LogP contribution >= 0.6 is 24.0 Å². The number of nitrogens with zero attached hydrogens (tertiary/aromatic N) is 2. The summed E-state index contributed by atoms with van der Waals surface area (Å²) in [6, 6.07) is 17.6. The molecule has 1 aliphatic heterocycles. The molecule has 7 heteroatoms. The third-order valence-corrected chi connectivity index (χ3v) is 4.71. The zero-order valence-electron chi connectivity index (χ0n) is 16.8. The van der Waals surface area contributed by atoms with Crippen molar-refractivity contribution in [2.45, 2.75) is 25.8 Å². The summed E-state index contributed by atoms with van der Waals surface area (Å²) in [5.74, 6) is 1.48. The Morgan fingerprint density at radius 1 is 1.03 bits per heavy atom. The van der Waals surface area contributed by atoms with Crippen LogP contribution < -0.4 is 15.4 Å². The Morgan fingerprint density at radius 3 is 2.38 bits per heavy atom. The quantitative estimate of drug-likeness (QED) is 0.353. The number of carbonyl (C=O) groups excluding carboxylic acids is 1. The Kier molecular flexibility index (Phi) is 9.76. The van der Waals surface area contributed by atoms with Gasteiger partial charge >= 0.3 is 0 Å². The maximum Gasteiger partial charge on any atom is 0.242 e. The molecule has 0 atom stereocenters. The maximum absolute atomic E-state index is 12.3. The van der Waals surface area contributed by atoms with E-state index in [2.05, 4.69) is 20.5 Å². The number of carbonyl (C=O) groups is 1. The summed E-state index contributed by atoms with van der Waals surface area (Å²) >= 11 is 0. The first-order valence-electron chi connectivity index (χ1n) is 9.76. The third kappa shape index (κ3) is 7.56. The van der Waals surface area contributed by atoms with E-state index >= 15 is 0 Å². The summed E-state index contributed by atoms with van der Waals surface area (Å²) in [5, 5.41) is 6.30. The molecule has 1 heterocycles. The van der Waals surface area contributed by atoms with Gasteiger partial charge in [0, 0.05) is 25.3 Å². The number of methoxy groups -OCH3 is 1. The largest absolute Gasteiger partial charge is 0.497 e. The maximum atomic E-state index is 12.3. The lowest BCUT2D eigenvalue weighted by Gasteiger charge is -2.30. The van der Waals surface area contributed by atoms with E-state index < -0.39 is 0 Å². The molecule has 2 N–H and O–H groups in total. The molecule has 0 aromatic heterocycles. The minimum atomic E-state index is -0.0970. The van der Waals surface area contributed by atoms with Crippen LogP contribution in [-0.2, 0) is 11.3 Å². The summed E-state index contributed by atoms with van der Waals surface area (Å²) in [7, 11) is 1.64. The van der Waals surface area contributed by atoms with E-state index in [1.54, 1.807) is 7.11 Å². The molecule has 0 unspecified atom stereocenters. The van der Waals surface area contributed by atoms with Crippen molar-refractivity contribution < 1.29 is 9.53 Å². The Bertz CT molecular complexity index is 775. The highest BCUT2D eigenvalue weighted by Gasteiger charge is 2.15. The van der Waals surface area contributed by atoms with Crippen molar-refractivity contribution in [3.8, 4) is 5.75 Å². The van der Waals surface area contributed by atoms with Gasteiger partial charge in [0.25, 0.3) is 0 Å². The number of aliphatic imine (C=N–C) groups is 1. The van der Waals surface area contributed by atoms with Gasteiger partial charge in [-0.15, -0.1) is 24.0 Å². The number of hydrogen-bond acceptors (Lipinski definition) is 3. The molecule has 0 spiro atoms. The van der Waals surface area contributed by atoms with Gasteiger partial charge in [-0.2, -0.15) is 0 Å². The molecular weight excluding hydrogens is 479 g/mol. The summed E-state index contributed by atoms with van der Waals surface area (Å²) in [4.78, 5) is 19.1. The number of piperidine rings is 1. The van der Waals surface area contributed by atoms with Crippen LogP contribution in [0.3, 0.4) is 0 Å². The molecular formula is C22H29IN4O2. The Labute approximate surface area is 189 Å². The van der Waals surface area contributed by atoms with E-state index in [-0.39, 0.29) is 36.4 Å². The summed E-state index contributed by atoms with van der Waals surface area (Å²) in [6.45, 7) is 2.50. The zero-order chi connectivity index (χ0) is 19.6. The van der Waals surface area contributed by atoms with E-state index in [0.29, 0.717) is 6.54 Å². The average Bonchev–Trinajstić information content (AvgIpc) is 2.77. The van der Waals surface area contributed by atoms with Crippen LogP contribution in [0.5, 0.6) is 5.75 Å². The van der Waals surface area contributed by atoms with Gasteiger partial charge < -0.3 is 20.3 Å². The fraction of sp³-hybridized carbons (Fsp3) is 0.364. The minimum absolute atomic E-state index is 0. The molecule has 0 aliphatic carbocycles. The van der Waals surface area contributed by atoms with Gasteiger partial charge in [0.1, 0.15) is 12.3 Å². The van der Waals surface area contributed by atoms with Gasteiger partial charge in [0.2, 0.25) is 5.91 Å². The first-order chi connectivity index (χ1) is 13.7. The zero-order valence-corrected chi connectivity index (χ0v) is 19.1. The highest BCUT2D eigenvalue weighted by Crippen LogP contribution is 2.13. The topological polar surface area (TPSA) is 66.0 Å². The number of anilines is 1. The number of amides is 1. The normalized spacial score (nSPS) is 14.0. The van der Waals surface area contributed by atoms with Crippen LogP contribution in [0.25, 0.3) is 0 Å². The Morgan fingerprint density at radius 2 is 1.72 bits per heavy atom. The number of ether oxygens (including phenoxy) is 1. The second-order valence-electron chi connectivity index (χ2n) is 6.80. The standard InChI is InChI=1S/C22H28N4O2.HI/c1-28-20-12-10-18(11-13-20)16-23-21(27)17-24-22(26-14-6-3-7-15-26)25-19-8-4-2-5-9-19;/h2,4-5,8-13H,3,6-7,14-17H2,1H3,(H,23,27)(H,24,25);1H. The average molecular weight is 508 g/mol. The van der Waals surface area contributed by atoms with Crippen molar-refractivity contribution in [3.63, 3.8) is 0 Å². The number of guanidine groups is 1. The summed E-state index contributed by atoms with van der Waals surface area (Å²) < 4.78 is 5.15. The lowest BCUT2D eigenvalue weighted by Crippen LogP contribution is -2.40. The molecule has 1 aliphatic rings. The van der Waals surface area contributed by atoms with Crippen molar-refractivity contribution in [1.82, 2.24) is 10.2 Å². The van der Waals surface area contributed by atoms with Gasteiger partial charge in [-0.3, -0.25) is 4.79 Å². The summed E-state index contributed by atoms with van der Waals surface area (Å²) in [6.07, 6.45) is 3.55. The molecule has 3 rings (SSSR count). The van der Waals surface area contributed by atoms with E-state index in [1.807, 2.05) is 54.6 Å². The number of rotatable bonds is 6. The molecule has 6 nitrogen and oxygen atoms in total. The Hall–Kier alpha value is -2.29. The van der Waals surface area contributed by atoms with E-state index in [0.717, 1.165) is 48.9 Å². The van der Waals surface area contributed by atoms with Crippen LogP contribution in [0.15, 0.2) is 59.6 Å². The molecule has 1 fully saturated rings. The molecule has 2 aromatic rings. The van der Waals surface area contributed by atoms with E-state index in [1.165, 1.54) is 6.42 Å². The fourth-order valence-corrected chi connectivity index (χ4v) is 3.12. The number of likely N-dealkylation sites (tertiary alicyclic amines) is 1. The SMILES string of the molecule is COc1ccc(CNC(=O)CN=C(Nc2ccccc2)N2CCCCC2)cc1.I. The molecule has 1 saturated heterocycles. The molecule has 29 heavy (non-hydrogen) atoms. The van der Waals surface area contributed by atoms with Gasteiger partial charge in [-0.25, -0.2) is 4.99 Å². The monoisotopic (exact) mass is 508 g/mol. The van der Waals surface area contributed by atoms with Crippen LogP contribution in [0.2, 0.25) is 0 Å². The number of nitrogens with one attached hydrogen (secondary N) is 2. The predicted octanol–water partition coefficient (Wildman–Crippen LogP) is 3.88. The number of para-hydroxylation sites is 1. The second kappa shape index (κ2) is 12.3. The second-order valence-corrected chi connectivity index (χ2v) is 6.80.